The maximum absolute atomic E-state index is 10.8. The average Bonchev–Trinajstić information content (AvgIpc) is 3.34. The number of carboxylic acid groups (broad SMARTS) is 1. The number of pyridine rings is 1. The normalized spacial score (nSPS) is 19.2. The van der Waals surface area contributed by atoms with Crippen molar-refractivity contribution < 1.29 is 9.90 Å². The molecule has 0 spiro atoms. The highest BCUT2D eigenvalue weighted by molar-refractivity contribution is 5.88. The number of nitrogens with one attached hydrogen (secondary N) is 1. The molecule has 3 aromatic rings. The molecule has 1 aliphatic rings. The highest BCUT2D eigenvalue weighted by Gasteiger charge is 2.42. The first-order valence-electron chi connectivity index (χ1n) is 7.80. The zero-order chi connectivity index (χ0) is 16.7. The van der Waals surface area contributed by atoms with Crippen LogP contribution >= 0.6 is 0 Å². The van der Waals surface area contributed by atoms with Gasteiger partial charge in [-0.05, 0) is 37.6 Å². The van der Waals surface area contributed by atoms with Gasteiger partial charge in [0.05, 0.1) is 5.52 Å². The van der Waals surface area contributed by atoms with E-state index in [1.165, 1.54) is 0 Å². The van der Waals surface area contributed by atoms with Gasteiger partial charge in [0.1, 0.15) is 5.82 Å². The maximum Gasteiger partial charge on any atom is 0.409 e. The topological polar surface area (TPSA) is 88.0 Å². The fraction of sp³-hybridized carbons (Fsp3) is 0.222. The van der Waals surface area contributed by atoms with Gasteiger partial charge >= 0.3 is 6.09 Å². The van der Waals surface area contributed by atoms with Gasteiger partial charge in [-0.2, -0.15) is 0 Å². The van der Waals surface area contributed by atoms with Gasteiger partial charge in [0.15, 0.2) is 0 Å². The fourth-order valence-electron chi connectivity index (χ4n) is 2.99. The first kappa shape index (κ1) is 14.6. The number of aromatic nitrogens is 3. The minimum absolute atomic E-state index is 0.315. The van der Waals surface area contributed by atoms with Gasteiger partial charge in [0.2, 0.25) is 0 Å². The van der Waals surface area contributed by atoms with Crippen molar-refractivity contribution in [3.63, 3.8) is 0 Å². The molecular formula is C18H16N4O2. The molecule has 1 aliphatic carbocycles. The van der Waals surface area contributed by atoms with Crippen LogP contribution in [0.4, 0.5) is 10.5 Å². The molecule has 0 aliphatic heterocycles. The molecular weight excluding hydrogens is 304 g/mol. The lowest BCUT2D eigenvalue weighted by atomic mass is 10.1. The van der Waals surface area contributed by atoms with E-state index in [-0.39, 0.29) is 0 Å². The summed E-state index contributed by atoms with van der Waals surface area (Å²) in [5, 5.41) is 12.2. The van der Waals surface area contributed by atoms with E-state index >= 15 is 0 Å². The van der Waals surface area contributed by atoms with Crippen LogP contribution in [0, 0.1) is 6.92 Å². The van der Waals surface area contributed by atoms with E-state index in [1.54, 1.807) is 18.3 Å². The van der Waals surface area contributed by atoms with Crippen LogP contribution in [0.1, 0.15) is 35.5 Å². The van der Waals surface area contributed by atoms with Crippen molar-refractivity contribution >= 4 is 22.7 Å². The number of benzene rings is 1. The molecule has 2 aromatic heterocycles. The summed E-state index contributed by atoms with van der Waals surface area (Å²) in [6.45, 7) is 1.97. The summed E-state index contributed by atoms with van der Waals surface area (Å²) in [6, 6.07) is 11.3. The van der Waals surface area contributed by atoms with Gasteiger partial charge in [0.25, 0.3) is 0 Å². The van der Waals surface area contributed by atoms with Gasteiger partial charge in [-0.1, -0.05) is 12.1 Å². The fourth-order valence-corrected chi connectivity index (χ4v) is 2.99. The number of nitrogens with zero attached hydrogens (tertiary/aromatic N) is 3. The molecule has 1 aromatic carbocycles. The second-order valence-electron chi connectivity index (χ2n) is 6.08. The summed E-state index contributed by atoms with van der Waals surface area (Å²) in [5.74, 6) is 1.52. The van der Waals surface area contributed by atoms with E-state index < -0.39 is 6.09 Å². The van der Waals surface area contributed by atoms with Gasteiger partial charge in [-0.15, -0.1) is 0 Å². The number of aryl methyl sites for hydroxylation is 1. The molecule has 2 atom stereocenters. The Balaban J connectivity index is 1.62. The quantitative estimate of drug-likeness (QED) is 0.768. The Morgan fingerprint density at radius 3 is 2.79 bits per heavy atom. The molecule has 2 N–H and O–H groups in total. The number of fused-ring (bicyclic) bond motifs is 1. The number of carbonyl (C=O) groups is 1. The highest BCUT2D eigenvalue weighted by Crippen LogP contribution is 2.53. The third-order valence-electron chi connectivity index (χ3n) is 4.28. The molecule has 1 amide bonds. The Bertz CT molecular complexity index is 941. The van der Waals surface area contributed by atoms with Gasteiger partial charge < -0.3 is 5.11 Å². The molecule has 0 saturated heterocycles. The van der Waals surface area contributed by atoms with Gasteiger partial charge in [-0.3, -0.25) is 10.3 Å². The van der Waals surface area contributed by atoms with Crippen molar-refractivity contribution in [2.75, 3.05) is 5.32 Å². The van der Waals surface area contributed by atoms with Crippen molar-refractivity contribution in [2.45, 2.75) is 25.2 Å². The van der Waals surface area contributed by atoms with Crippen LogP contribution < -0.4 is 5.32 Å². The molecule has 4 rings (SSSR count). The molecule has 1 saturated carbocycles. The lowest BCUT2D eigenvalue weighted by Crippen LogP contribution is -2.06. The molecule has 0 unspecified atom stereocenters. The number of hydrogen-bond acceptors (Lipinski definition) is 4. The first-order chi connectivity index (χ1) is 11.6. The van der Waals surface area contributed by atoms with E-state index in [2.05, 4.69) is 15.3 Å². The summed E-state index contributed by atoms with van der Waals surface area (Å²) in [7, 11) is 0. The Morgan fingerprint density at radius 1 is 1.17 bits per heavy atom. The monoisotopic (exact) mass is 320 g/mol. The summed E-state index contributed by atoms with van der Waals surface area (Å²) in [4.78, 5) is 24.4. The van der Waals surface area contributed by atoms with Crippen LogP contribution in [0.5, 0.6) is 0 Å². The number of rotatable bonds is 3. The zero-order valence-electron chi connectivity index (χ0n) is 13.1. The Hall–Kier alpha value is -3.02. The first-order valence-corrected chi connectivity index (χ1v) is 7.80. The number of hydrogen-bond donors (Lipinski definition) is 2. The van der Waals surface area contributed by atoms with Crippen LogP contribution in [-0.4, -0.2) is 26.2 Å². The largest absolute Gasteiger partial charge is 0.465 e. The van der Waals surface area contributed by atoms with Crippen LogP contribution in [0.2, 0.25) is 0 Å². The molecule has 0 bridgehead atoms. The summed E-state index contributed by atoms with van der Waals surface area (Å²) in [5.41, 5.74) is 3.29. The second kappa shape index (κ2) is 5.56. The third kappa shape index (κ3) is 2.78. The van der Waals surface area contributed by atoms with Crippen molar-refractivity contribution in [1.82, 2.24) is 15.0 Å². The molecule has 0 radical (unpaired) electrons. The standard InChI is InChI=1S/C18H16N4O2/c1-10-6-7-19-17(20-10)14-9-13(14)15-5-3-11-2-4-12(21-18(23)24)8-16(11)22-15/h2-8,13-14,21H,9H2,1H3,(H,23,24)/t13-,14-/m0/s1. The summed E-state index contributed by atoms with van der Waals surface area (Å²) >= 11 is 0. The molecule has 120 valence electrons. The van der Waals surface area contributed by atoms with E-state index in [9.17, 15) is 4.79 Å². The smallest absolute Gasteiger partial charge is 0.409 e. The van der Waals surface area contributed by atoms with Crippen LogP contribution in [0.15, 0.2) is 42.6 Å². The third-order valence-corrected chi connectivity index (χ3v) is 4.28. The van der Waals surface area contributed by atoms with Gasteiger partial charge in [0, 0.05) is 40.5 Å². The highest BCUT2D eigenvalue weighted by atomic mass is 16.4. The molecule has 2 heterocycles. The minimum Gasteiger partial charge on any atom is -0.465 e. The lowest BCUT2D eigenvalue weighted by Gasteiger charge is -2.05. The van der Waals surface area contributed by atoms with Crippen molar-refractivity contribution in [1.29, 1.82) is 0 Å². The molecule has 1 fully saturated rings. The predicted molar refractivity (Wildman–Crippen MR) is 90.3 cm³/mol. The van der Waals surface area contributed by atoms with Crippen molar-refractivity contribution in [3.8, 4) is 0 Å². The lowest BCUT2D eigenvalue weighted by molar-refractivity contribution is 0.210. The number of anilines is 1. The Kier molecular flexibility index (Phi) is 3.37. The Labute approximate surface area is 138 Å². The zero-order valence-corrected chi connectivity index (χ0v) is 13.1. The average molecular weight is 320 g/mol. The molecule has 6 heteroatoms. The minimum atomic E-state index is -1.08. The van der Waals surface area contributed by atoms with Gasteiger partial charge in [-0.25, -0.2) is 14.8 Å². The van der Waals surface area contributed by atoms with Crippen molar-refractivity contribution in [3.05, 3.63) is 59.8 Å². The van der Waals surface area contributed by atoms with Crippen LogP contribution in [-0.2, 0) is 0 Å². The molecule has 24 heavy (non-hydrogen) atoms. The summed E-state index contributed by atoms with van der Waals surface area (Å²) in [6.07, 6.45) is 1.71. The summed E-state index contributed by atoms with van der Waals surface area (Å²) < 4.78 is 0. The molecule has 6 nitrogen and oxygen atoms in total. The van der Waals surface area contributed by atoms with E-state index in [0.717, 1.165) is 34.5 Å². The SMILES string of the molecule is Cc1ccnc([C@H]2C[C@@H]2c2ccc3ccc(NC(=O)O)cc3n2)n1. The second-order valence-corrected chi connectivity index (χ2v) is 6.08. The van der Waals surface area contributed by atoms with E-state index in [1.807, 2.05) is 31.2 Å². The maximum atomic E-state index is 10.8. The Morgan fingerprint density at radius 2 is 2.00 bits per heavy atom. The van der Waals surface area contributed by atoms with Crippen LogP contribution in [0.3, 0.4) is 0 Å². The van der Waals surface area contributed by atoms with Crippen LogP contribution in [0.25, 0.3) is 10.9 Å². The van der Waals surface area contributed by atoms with Crippen molar-refractivity contribution in [2.24, 2.45) is 0 Å². The van der Waals surface area contributed by atoms with E-state index in [4.69, 9.17) is 10.1 Å². The number of amides is 1. The van der Waals surface area contributed by atoms with E-state index in [0.29, 0.717) is 17.5 Å². The predicted octanol–water partition coefficient (Wildman–Crippen LogP) is 3.69.